The Kier molecular flexibility index (Phi) is 3.03. The molecule has 4 heteroatoms. The van der Waals surface area contributed by atoms with Gasteiger partial charge in [-0.3, -0.25) is 0 Å². The van der Waals surface area contributed by atoms with Crippen molar-refractivity contribution in [3.63, 3.8) is 0 Å². The minimum Gasteiger partial charge on any atom is -0.465 e. The lowest BCUT2D eigenvalue weighted by atomic mass is 9.80. The lowest BCUT2D eigenvalue weighted by Crippen LogP contribution is -2.36. The summed E-state index contributed by atoms with van der Waals surface area (Å²) in [7, 11) is 0. The summed E-state index contributed by atoms with van der Waals surface area (Å²) in [5.74, 6) is 0.272. The van der Waals surface area contributed by atoms with E-state index in [0.29, 0.717) is 6.54 Å². The largest absolute Gasteiger partial charge is 0.465 e. The zero-order valence-electron chi connectivity index (χ0n) is 12.1. The second-order valence-electron chi connectivity index (χ2n) is 5.99. The van der Waals surface area contributed by atoms with Crippen LogP contribution in [0, 0.1) is 5.92 Å². The first kappa shape index (κ1) is 13.2. The highest BCUT2D eigenvalue weighted by atomic mass is 16.4. The summed E-state index contributed by atoms with van der Waals surface area (Å²) in [5, 5.41) is 13.2. The van der Waals surface area contributed by atoms with E-state index in [1.165, 1.54) is 5.56 Å². The van der Waals surface area contributed by atoms with E-state index in [4.69, 9.17) is 0 Å². The highest BCUT2D eigenvalue weighted by Gasteiger charge is 2.46. The average Bonchev–Trinajstić information content (AvgIpc) is 3.00. The molecule has 4 rings (SSSR count). The van der Waals surface area contributed by atoms with E-state index < -0.39 is 6.09 Å². The molecule has 0 bridgehead atoms. The van der Waals surface area contributed by atoms with Gasteiger partial charge >= 0.3 is 6.09 Å². The quantitative estimate of drug-likeness (QED) is 0.839. The molecule has 2 aliphatic heterocycles. The fraction of sp³-hybridized carbons (Fsp3) is 0.278. The minimum absolute atomic E-state index is 0.0554. The molecule has 2 heterocycles. The molecular formula is C18H18N2O2. The van der Waals surface area contributed by atoms with E-state index >= 15 is 0 Å². The molecule has 4 nitrogen and oxygen atoms in total. The second-order valence-corrected chi connectivity index (χ2v) is 5.99. The number of nitrogens with zero attached hydrogens (tertiary/aromatic N) is 1. The van der Waals surface area contributed by atoms with E-state index in [1.807, 2.05) is 42.5 Å². The average molecular weight is 294 g/mol. The summed E-state index contributed by atoms with van der Waals surface area (Å²) in [4.78, 5) is 13.2. The third-order valence-electron chi connectivity index (χ3n) is 4.87. The van der Waals surface area contributed by atoms with Gasteiger partial charge in [-0.15, -0.1) is 0 Å². The third-order valence-corrected chi connectivity index (χ3v) is 4.87. The number of likely N-dealkylation sites (tertiary alicyclic amines) is 1. The van der Waals surface area contributed by atoms with Crippen LogP contribution in [0.5, 0.6) is 0 Å². The molecule has 2 N–H and O–H groups in total. The predicted molar refractivity (Wildman–Crippen MR) is 84.8 cm³/mol. The van der Waals surface area contributed by atoms with Crippen molar-refractivity contribution in [2.24, 2.45) is 5.92 Å². The summed E-state index contributed by atoms with van der Waals surface area (Å²) < 4.78 is 0. The second kappa shape index (κ2) is 5.05. The molecule has 0 aliphatic carbocycles. The van der Waals surface area contributed by atoms with Gasteiger partial charge in [0.1, 0.15) is 0 Å². The van der Waals surface area contributed by atoms with Crippen molar-refractivity contribution in [2.45, 2.75) is 18.5 Å². The smallest absolute Gasteiger partial charge is 0.407 e. The molecule has 1 saturated heterocycles. The predicted octanol–water partition coefficient (Wildman–Crippen LogP) is 3.89. The van der Waals surface area contributed by atoms with Gasteiger partial charge in [0.15, 0.2) is 0 Å². The van der Waals surface area contributed by atoms with Gasteiger partial charge in [0, 0.05) is 18.2 Å². The van der Waals surface area contributed by atoms with E-state index in [2.05, 4.69) is 17.4 Å². The zero-order chi connectivity index (χ0) is 15.1. The molecule has 1 amide bonds. The Labute approximate surface area is 129 Å². The maximum atomic E-state index is 11.6. The number of hydrogen-bond donors (Lipinski definition) is 2. The number of rotatable bonds is 1. The van der Waals surface area contributed by atoms with Crippen molar-refractivity contribution < 1.29 is 9.90 Å². The maximum absolute atomic E-state index is 11.6. The third kappa shape index (κ3) is 1.95. The summed E-state index contributed by atoms with van der Waals surface area (Å²) in [6, 6.07) is 18.5. The van der Waals surface area contributed by atoms with Crippen molar-refractivity contribution in [3.8, 4) is 0 Å². The van der Waals surface area contributed by atoms with E-state index in [1.54, 1.807) is 4.90 Å². The standard InChI is InChI=1S/C18H18N2O2/c21-18(22)20-11-10-14-16(12-6-2-1-3-7-12)19-15-9-5-4-8-13(15)17(14)20/h1-9,14,16-17,19H,10-11H2,(H,21,22)/t14-,16+,17+/m1/s1. The van der Waals surface area contributed by atoms with Crippen LogP contribution in [0.2, 0.25) is 0 Å². The number of para-hydroxylation sites is 1. The Bertz CT molecular complexity index is 701. The molecule has 2 aromatic carbocycles. The Morgan fingerprint density at radius 2 is 1.82 bits per heavy atom. The molecule has 0 saturated carbocycles. The molecule has 2 aromatic rings. The molecule has 1 fully saturated rings. The summed E-state index contributed by atoms with van der Waals surface area (Å²) in [6.07, 6.45) is 0.0636. The van der Waals surface area contributed by atoms with Crippen LogP contribution in [-0.4, -0.2) is 22.6 Å². The van der Waals surface area contributed by atoms with Crippen molar-refractivity contribution in [1.82, 2.24) is 4.90 Å². The molecule has 112 valence electrons. The van der Waals surface area contributed by atoms with Gasteiger partial charge in [-0.05, 0) is 23.6 Å². The van der Waals surface area contributed by atoms with Crippen molar-refractivity contribution in [3.05, 3.63) is 65.7 Å². The molecule has 0 unspecified atom stereocenters. The molecule has 0 spiro atoms. The van der Waals surface area contributed by atoms with Gasteiger partial charge in [-0.2, -0.15) is 0 Å². The molecular weight excluding hydrogens is 276 g/mol. The van der Waals surface area contributed by atoms with Crippen molar-refractivity contribution in [2.75, 3.05) is 11.9 Å². The molecule has 2 aliphatic rings. The fourth-order valence-electron chi connectivity index (χ4n) is 3.93. The summed E-state index contributed by atoms with van der Waals surface area (Å²) >= 11 is 0. The van der Waals surface area contributed by atoms with Gasteiger partial charge in [0.2, 0.25) is 0 Å². The Hall–Kier alpha value is -2.49. The van der Waals surface area contributed by atoms with Gasteiger partial charge in [-0.25, -0.2) is 4.79 Å². The highest BCUT2D eigenvalue weighted by molar-refractivity contribution is 5.69. The topological polar surface area (TPSA) is 52.6 Å². The van der Waals surface area contributed by atoms with Crippen LogP contribution in [0.15, 0.2) is 54.6 Å². The van der Waals surface area contributed by atoms with Crippen LogP contribution in [0.4, 0.5) is 10.5 Å². The Balaban J connectivity index is 1.81. The minimum atomic E-state index is -0.823. The fourth-order valence-corrected chi connectivity index (χ4v) is 3.93. The number of nitrogens with one attached hydrogen (secondary N) is 1. The number of fused-ring (bicyclic) bond motifs is 3. The van der Waals surface area contributed by atoms with Crippen molar-refractivity contribution in [1.29, 1.82) is 0 Å². The number of hydrogen-bond acceptors (Lipinski definition) is 2. The monoisotopic (exact) mass is 294 g/mol. The zero-order valence-corrected chi connectivity index (χ0v) is 12.1. The summed E-state index contributed by atoms with van der Waals surface area (Å²) in [6.45, 7) is 0.601. The van der Waals surface area contributed by atoms with Crippen LogP contribution in [0.1, 0.15) is 29.6 Å². The van der Waals surface area contributed by atoms with Gasteiger partial charge in [0.05, 0.1) is 12.1 Å². The Morgan fingerprint density at radius 3 is 2.59 bits per heavy atom. The van der Waals surface area contributed by atoms with Gasteiger partial charge in [0.25, 0.3) is 0 Å². The van der Waals surface area contributed by atoms with Crippen LogP contribution in [-0.2, 0) is 0 Å². The van der Waals surface area contributed by atoms with Crippen LogP contribution in [0.3, 0.4) is 0 Å². The lowest BCUT2D eigenvalue weighted by molar-refractivity contribution is 0.132. The number of carbonyl (C=O) groups is 1. The highest BCUT2D eigenvalue weighted by Crippen LogP contribution is 2.50. The van der Waals surface area contributed by atoms with Gasteiger partial charge < -0.3 is 15.3 Å². The van der Waals surface area contributed by atoms with Crippen molar-refractivity contribution >= 4 is 11.8 Å². The van der Waals surface area contributed by atoms with E-state index in [9.17, 15) is 9.90 Å². The molecule has 0 aromatic heterocycles. The van der Waals surface area contributed by atoms with Crippen LogP contribution in [0.25, 0.3) is 0 Å². The number of carboxylic acid groups (broad SMARTS) is 1. The number of anilines is 1. The molecule has 3 atom stereocenters. The SMILES string of the molecule is O=C(O)N1CC[C@@H]2[C@H](c3ccccc3)Nc3ccccc3[C@@H]21. The molecule has 0 radical (unpaired) electrons. The summed E-state index contributed by atoms with van der Waals surface area (Å²) in [5.41, 5.74) is 3.37. The van der Waals surface area contributed by atoms with Crippen LogP contribution < -0.4 is 5.32 Å². The van der Waals surface area contributed by atoms with Gasteiger partial charge in [-0.1, -0.05) is 48.5 Å². The normalized spacial score (nSPS) is 26.0. The van der Waals surface area contributed by atoms with E-state index in [0.717, 1.165) is 17.7 Å². The first-order chi connectivity index (χ1) is 10.8. The lowest BCUT2D eigenvalue weighted by Gasteiger charge is -2.39. The first-order valence-corrected chi connectivity index (χ1v) is 7.65. The van der Waals surface area contributed by atoms with Crippen LogP contribution >= 0.6 is 0 Å². The number of amides is 1. The van der Waals surface area contributed by atoms with E-state index in [-0.39, 0.29) is 18.0 Å². The first-order valence-electron chi connectivity index (χ1n) is 7.65. The maximum Gasteiger partial charge on any atom is 0.407 e. The Morgan fingerprint density at radius 1 is 1.09 bits per heavy atom. The number of benzene rings is 2. The molecule has 22 heavy (non-hydrogen) atoms.